The van der Waals surface area contributed by atoms with Crippen LogP contribution in [0.5, 0.6) is 0 Å². The van der Waals surface area contributed by atoms with Crippen molar-refractivity contribution in [2.75, 3.05) is 4.90 Å². The van der Waals surface area contributed by atoms with Gasteiger partial charge in [-0.25, -0.2) is 9.29 Å². The van der Waals surface area contributed by atoms with Gasteiger partial charge in [0.1, 0.15) is 11.9 Å². The van der Waals surface area contributed by atoms with E-state index in [9.17, 15) is 18.8 Å². The Labute approximate surface area is 175 Å². The van der Waals surface area contributed by atoms with Gasteiger partial charge in [0.25, 0.3) is 5.91 Å². The molecular formula is C24H25FN2O3. The van der Waals surface area contributed by atoms with Crippen molar-refractivity contribution in [3.8, 4) is 0 Å². The van der Waals surface area contributed by atoms with Gasteiger partial charge in [0, 0.05) is 12.5 Å². The number of imide groups is 1. The Morgan fingerprint density at radius 3 is 2.30 bits per heavy atom. The fraction of sp³-hybridized carbons (Fsp3) is 0.375. The second-order valence-electron chi connectivity index (χ2n) is 8.05. The number of carbonyl (C=O) groups is 3. The first-order chi connectivity index (χ1) is 14.5. The molecule has 0 aromatic heterocycles. The van der Waals surface area contributed by atoms with Gasteiger partial charge in [-0.1, -0.05) is 49.6 Å². The molecule has 0 radical (unpaired) electrons. The highest BCUT2D eigenvalue weighted by molar-refractivity contribution is 6.23. The van der Waals surface area contributed by atoms with Crippen LogP contribution < -0.4 is 4.90 Å². The number of carbonyl (C=O) groups excluding carboxylic acids is 3. The van der Waals surface area contributed by atoms with Gasteiger partial charge in [0.2, 0.25) is 11.8 Å². The second kappa shape index (κ2) is 8.78. The van der Waals surface area contributed by atoms with Gasteiger partial charge in [-0.15, -0.1) is 0 Å². The summed E-state index contributed by atoms with van der Waals surface area (Å²) in [5.74, 6) is -1.39. The Bertz CT molecular complexity index is 923. The summed E-state index contributed by atoms with van der Waals surface area (Å²) < 4.78 is 13.3. The third-order valence-corrected chi connectivity index (χ3v) is 6.02. The van der Waals surface area contributed by atoms with Crippen LogP contribution in [-0.4, -0.2) is 28.7 Å². The lowest BCUT2D eigenvalue weighted by atomic mass is 9.87. The standard InChI is InChI=1S/C24H25FN2O3/c25-19-11-13-20(14-12-19)27-22(28)15-21(24(27)30)26(16-17-7-3-1-4-8-17)23(29)18-9-5-2-6-10-18/h1,3-4,7-8,11-14,18,21H,2,5-6,9-10,15-16H2. The average Bonchev–Trinajstić information content (AvgIpc) is 3.07. The lowest BCUT2D eigenvalue weighted by molar-refractivity contribution is -0.143. The number of anilines is 1. The van der Waals surface area contributed by atoms with Crippen molar-refractivity contribution >= 4 is 23.4 Å². The van der Waals surface area contributed by atoms with Gasteiger partial charge >= 0.3 is 0 Å². The maximum atomic E-state index is 13.4. The molecule has 1 saturated heterocycles. The summed E-state index contributed by atoms with van der Waals surface area (Å²) in [7, 11) is 0. The quantitative estimate of drug-likeness (QED) is 0.701. The molecular weight excluding hydrogens is 383 g/mol. The summed E-state index contributed by atoms with van der Waals surface area (Å²) in [6.07, 6.45) is 4.73. The first-order valence-corrected chi connectivity index (χ1v) is 10.5. The zero-order valence-corrected chi connectivity index (χ0v) is 16.8. The van der Waals surface area contributed by atoms with E-state index in [1.807, 2.05) is 30.3 Å². The minimum atomic E-state index is -0.836. The minimum Gasteiger partial charge on any atom is -0.326 e. The van der Waals surface area contributed by atoms with Gasteiger partial charge in [-0.2, -0.15) is 0 Å². The molecule has 3 amide bonds. The maximum absolute atomic E-state index is 13.4. The first kappa shape index (κ1) is 20.3. The first-order valence-electron chi connectivity index (χ1n) is 10.5. The Kier molecular flexibility index (Phi) is 5.93. The molecule has 2 aromatic rings. The Morgan fingerprint density at radius 1 is 0.967 bits per heavy atom. The van der Waals surface area contributed by atoms with E-state index in [0.29, 0.717) is 5.69 Å². The van der Waals surface area contributed by atoms with Crippen LogP contribution in [0.2, 0.25) is 0 Å². The van der Waals surface area contributed by atoms with Crippen LogP contribution in [0.3, 0.4) is 0 Å². The van der Waals surface area contributed by atoms with Crippen LogP contribution >= 0.6 is 0 Å². The molecule has 1 aliphatic carbocycles. The summed E-state index contributed by atoms with van der Waals surface area (Å²) in [5, 5.41) is 0. The number of nitrogens with zero attached hydrogens (tertiary/aromatic N) is 2. The van der Waals surface area contributed by atoms with E-state index in [2.05, 4.69) is 0 Å². The maximum Gasteiger partial charge on any atom is 0.257 e. The lowest BCUT2D eigenvalue weighted by Gasteiger charge is -2.32. The van der Waals surface area contributed by atoms with E-state index in [-0.39, 0.29) is 30.7 Å². The molecule has 6 heteroatoms. The molecule has 0 bridgehead atoms. The summed E-state index contributed by atoms with van der Waals surface area (Å²) in [4.78, 5) is 42.0. The van der Waals surface area contributed by atoms with Gasteiger partial charge in [-0.3, -0.25) is 14.4 Å². The van der Waals surface area contributed by atoms with E-state index in [4.69, 9.17) is 0 Å². The third-order valence-electron chi connectivity index (χ3n) is 6.02. The van der Waals surface area contributed by atoms with E-state index in [1.54, 1.807) is 4.90 Å². The molecule has 0 N–H and O–H groups in total. The van der Waals surface area contributed by atoms with Crippen LogP contribution in [0.4, 0.5) is 10.1 Å². The average molecular weight is 408 g/mol. The topological polar surface area (TPSA) is 57.7 Å². The van der Waals surface area contributed by atoms with Gasteiger partial charge in [-0.05, 0) is 42.7 Å². The molecule has 1 unspecified atom stereocenters. The Balaban J connectivity index is 1.62. The zero-order chi connectivity index (χ0) is 21.1. The molecule has 4 rings (SSSR count). The van der Waals surface area contributed by atoms with Crippen LogP contribution in [0.15, 0.2) is 54.6 Å². The number of benzene rings is 2. The van der Waals surface area contributed by atoms with Crippen molar-refractivity contribution in [3.05, 3.63) is 66.0 Å². The van der Waals surface area contributed by atoms with E-state index in [0.717, 1.165) is 42.6 Å². The smallest absolute Gasteiger partial charge is 0.257 e. The summed E-state index contributed by atoms with van der Waals surface area (Å²) in [5.41, 5.74) is 1.25. The molecule has 156 valence electrons. The molecule has 1 heterocycles. The van der Waals surface area contributed by atoms with Crippen molar-refractivity contribution in [2.24, 2.45) is 5.92 Å². The van der Waals surface area contributed by atoms with Crippen LogP contribution in [-0.2, 0) is 20.9 Å². The monoisotopic (exact) mass is 408 g/mol. The van der Waals surface area contributed by atoms with E-state index in [1.165, 1.54) is 24.3 Å². The molecule has 1 aliphatic heterocycles. The Hall–Kier alpha value is -3.02. The molecule has 5 nitrogen and oxygen atoms in total. The summed E-state index contributed by atoms with van der Waals surface area (Å²) in [6, 6.07) is 14.0. The minimum absolute atomic E-state index is 0.0503. The molecule has 1 atom stereocenters. The van der Waals surface area contributed by atoms with Crippen LogP contribution in [0.1, 0.15) is 44.1 Å². The van der Waals surface area contributed by atoms with Crippen molar-refractivity contribution in [1.82, 2.24) is 4.90 Å². The third kappa shape index (κ3) is 4.13. The highest BCUT2D eigenvalue weighted by Gasteiger charge is 2.45. The normalized spacial score (nSPS) is 19.9. The SMILES string of the molecule is O=C1CC(N(Cc2ccccc2)C(=O)C2CCCCC2)C(=O)N1c1ccc(F)cc1. The highest BCUT2D eigenvalue weighted by Crippen LogP contribution is 2.31. The van der Waals surface area contributed by atoms with Crippen LogP contribution in [0, 0.1) is 11.7 Å². The van der Waals surface area contributed by atoms with Gasteiger partial charge in [0.05, 0.1) is 12.1 Å². The van der Waals surface area contributed by atoms with Gasteiger partial charge in [0.15, 0.2) is 0 Å². The largest absolute Gasteiger partial charge is 0.326 e. The van der Waals surface area contributed by atoms with Crippen molar-refractivity contribution in [3.63, 3.8) is 0 Å². The summed E-state index contributed by atoms with van der Waals surface area (Å²) in [6.45, 7) is 0.289. The number of rotatable bonds is 5. The zero-order valence-electron chi connectivity index (χ0n) is 16.8. The molecule has 2 aliphatic rings. The van der Waals surface area contributed by atoms with Crippen molar-refractivity contribution in [2.45, 2.75) is 51.1 Å². The van der Waals surface area contributed by atoms with E-state index >= 15 is 0 Å². The highest BCUT2D eigenvalue weighted by atomic mass is 19.1. The van der Waals surface area contributed by atoms with Crippen molar-refractivity contribution < 1.29 is 18.8 Å². The van der Waals surface area contributed by atoms with Crippen molar-refractivity contribution in [1.29, 1.82) is 0 Å². The lowest BCUT2D eigenvalue weighted by Crippen LogP contribution is -2.47. The molecule has 0 spiro atoms. The molecule has 2 aromatic carbocycles. The molecule has 1 saturated carbocycles. The second-order valence-corrected chi connectivity index (χ2v) is 8.05. The Morgan fingerprint density at radius 2 is 1.63 bits per heavy atom. The van der Waals surface area contributed by atoms with Crippen LogP contribution in [0.25, 0.3) is 0 Å². The number of amides is 3. The van der Waals surface area contributed by atoms with E-state index < -0.39 is 17.8 Å². The predicted molar refractivity (Wildman–Crippen MR) is 111 cm³/mol. The molecule has 30 heavy (non-hydrogen) atoms. The number of hydrogen-bond donors (Lipinski definition) is 0. The number of halogens is 1. The molecule has 2 fully saturated rings. The predicted octanol–water partition coefficient (Wildman–Crippen LogP) is 4.07. The number of hydrogen-bond acceptors (Lipinski definition) is 3. The fourth-order valence-electron chi connectivity index (χ4n) is 4.43. The summed E-state index contributed by atoms with van der Waals surface area (Å²) >= 11 is 0. The van der Waals surface area contributed by atoms with Gasteiger partial charge < -0.3 is 4.90 Å². The fourth-order valence-corrected chi connectivity index (χ4v) is 4.43.